The van der Waals surface area contributed by atoms with Gasteiger partial charge in [0.15, 0.2) is 5.78 Å². The predicted molar refractivity (Wildman–Crippen MR) is 66.6 cm³/mol. The summed E-state index contributed by atoms with van der Waals surface area (Å²) in [5.74, 6) is 0.895. The van der Waals surface area contributed by atoms with Gasteiger partial charge in [0.05, 0.1) is 7.11 Å². The number of hydrogen-bond acceptors (Lipinski definition) is 2. The first kappa shape index (κ1) is 10.1. The Labute approximate surface area is 99.9 Å². The summed E-state index contributed by atoms with van der Waals surface area (Å²) in [6.07, 6.45) is 0. The minimum absolute atomic E-state index is 0.112. The van der Waals surface area contributed by atoms with E-state index in [-0.39, 0.29) is 5.78 Å². The molecular formula is C15H12O2. The van der Waals surface area contributed by atoms with Gasteiger partial charge in [0.2, 0.25) is 0 Å². The number of benzene rings is 2. The van der Waals surface area contributed by atoms with Crippen molar-refractivity contribution in [3.05, 3.63) is 53.1 Å². The average molecular weight is 224 g/mol. The molecule has 0 N–H and O–H groups in total. The molecule has 2 aromatic carbocycles. The van der Waals surface area contributed by atoms with Crippen LogP contribution in [-0.4, -0.2) is 12.9 Å². The van der Waals surface area contributed by atoms with E-state index >= 15 is 0 Å². The molecule has 1 aliphatic carbocycles. The number of ketones is 1. The zero-order chi connectivity index (χ0) is 12.0. The normalized spacial score (nSPS) is 12.2. The molecule has 0 aliphatic heterocycles. The molecule has 0 atom stereocenters. The van der Waals surface area contributed by atoms with Crippen LogP contribution in [0.1, 0.15) is 21.5 Å². The van der Waals surface area contributed by atoms with Crippen molar-refractivity contribution in [2.75, 3.05) is 7.11 Å². The molecule has 0 amide bonds. The first-order valence-electron chi connectivity index (χ1n) is 5.54. The highest BCUT2D eigenvalue weighted by Crippen LogP contribution is 2.38. The Morgan fingerprint density at radius 1 is 0.882 bits per heavy atom. The van der Waals surface area contributed by atoms with E-state index in [9.17, 15) is 4.79 Å². The lowest BCUT2D eigenvalue weighted by Crippen LogP contribution is -1.95. The largest absolute Gasteiger partial charge is 0.497 e. The monoisotopic (exact) mass is 224 g/mol. The molecule has 0 spiro atoms. The Kier molecular flexibility index (Phi) is 2.05. The summed E-state index contributed by atoms with van der Waals surface area (Å²) in [6, 6.07) is 11.6. The number of carbonyl (C=O) groups is 1. The second-order valence-corrected chi connectivity index (χ2v) is 4.29. The van der Waals surface area contributed by atoms with Crippen LogP contribution in [0.2, 0.25) is 0 Å². The summed E-state index contributed by atoms with van der Waals surface area (Å²) in [4.78, 5) is 12.2. The highest BCUT2D eigenvalue weighted by atomic mass is 16.5. The Morgan fingerprint density at radius 2 is 1.65 bits per heavy atom. The van der Waals surface area contributed by atoms with Crippen LogP contribution < -0.4 is 4.74 Å². The standard InChI is InChI=1S/C15H12O2/c1-9-3-5-11-13-8-10(17-2)4-6-12(13)15(16)14(11)7-9/h3-8H,1-2H3. The van der Waals surface area contributed by atoms with Crippen molar-refractivity contribution in [3.63, 3.8) is 0 Å². The summed E-state index contributed by atoms with van der Waals surface area (Å²) < 4.78 is 5.20. The van der Waals surface area contributed by atoms with Crippen LogP contribution in [-0.2, 0) is 0 Å². The first-order valence-corrected chi connectivity index (χ1v) is 5.54. The molecule has 0 saturated carbocycles. The minimum Gasteiger partial charge on any atom is -0.497 e. The van der Waals surface area contributed by atoms with Crippen LogP contribution in [0, 0.1) is 6.92 Å². The molecule has 0 radical (unpaired) electrons. The van der Waals surface area contributed by atoms with Gasteiger partial charge in [-0.1, -0.05) is 17.7 Å². The Balaban J connectivity index is 2.29. The summed E-state index contributed by atoms with van der Waals surface area (Å²) in [5, 5.41) is 0. The van der Waals surface area contributed by atoms with Gasteiger partial charge in [-0.3, -0.25) is 4.79 Å². The lowest BCUT2D eigenvalue weighted by atomic mass is 10.0. The van der Waals surface area contributed by atoms with Crippen LogP contribution in [0.3, 0.4) is 0 Å². The molecule has 0 unspecified atom stereocenters. The van der Waals surface area contributed by atoms with E-state index in [1.165, 1.54) is 0 Å². The van der Waals surface area contributed by atoms with Gasteiger partial charge < -0.3 is 4.74 Å². The van der Waals surface area contributed by atoms with Crippen molar-refractivity contribution in [2.45, 2.75) is 6.92 Å². The smallest absolute Gasteiger partial charge is 0.194 e. The summed E-state index contributed by atoms with van der Waals surface area (Å²) in [5.41, 5.74) is 4.66. The molecule has 3 rings (SSSR count). The fourth-order valence-electron chi connectivity index (χ4n) is 2.30. The van der Waals surface area contributed by atoms with E-state index in [0.29, 0.717) is 0 Å². The van der Waals surface area contributed by atoms with Crippen molar-refractivity contribution in [1.29, 1.82) is 0 Å². The molecule has 2 heteroatoms. The predicted octanol–water partition coefficient (Wildman–Crippen LogP) is 3.22. The number of methoxy groups -OCH3 is 1. The lowest BCUT2D eigenvalue weighted by Gasteiger charge is -2.03. The molecule has 0 saturated heterocycles. The number of ether oxygens (including phenoxy) is 1. The fourth-order valence-corrected chi connectivity index (χ4v) is 2.30. The van der Waals surface area contributed by atoms with Crippen molar-refractivity contribution in [2.24, 2.45) is 0 Å². The Morgan fingerprint density at radius 3 is 2.41 bits per heavy atom. The molecule has 84 valence electrons. The average Bonchev–Trinajstić information content (AvgIpc) is 2.62. The van der Waals surface area contributed by atoms with Gasteiger partial charge in [0, 0.05) is 11.1 Å². The third-order valence-electron chi connectivity index (χ3n) is 3.18. The minimum atomic E-state index is 0.112. The molecule has 0 heterocycles. The van der Waals surface area contributed by atoms with Crippen molar-refractivity contribution >= 4 is 5.78 Å². The zero-order valence-electron chi connectivity index (χ0n) is 9.78. The van der Waals surface area contributed by atoms with E-state index in [0.717, 1.165) is 33.6 Å². The van der Waals surface area contributed by atoms with Gasteiger partial charge in [0.1, 0.15) is 5.75 Å². The van der Waals surface area contributed by atoms with Crippen molar-refractivity contribution in [3.8, 4) is 16.9 Å². The van der Waals surface area contributed by atoms with Crippen LogP contribution in [0.15, 0.2) is 36.4 Å². The number of carbonyl (C=O) groups excluding carboxylic acids is 1. The highest BCUT2D eigenvalue weighted by Gasteiger charge is 2.26. The highest BCUT2D eigenvalue weighted by molar-refractivity contribution is 6.21. The van der Waals surface area contributed by atoms with Gasteiger partial charge in [-0.25, -0.2) is 0 Å². The van der Waals surface area contributed by atoms with Crippen molar-refractivity contribution < 1.29 is 9.53 Å². The number of rotatable bonds is 1. The van der Waals surface area contributed by atoms with Crippen LogP contribution >= 0.6 is 0 Å². The molecule has 0 bridgehead atoms. The number of fused-ring (bicyclic) bond motifs is 3. The molecule has 0 fully saturated rings. The molecule has 17 heavy (non-hydrogen) atoms. The summed E-state index contributed by atoms with van der Waals surface area (Å²) >= 11 is 0. The molecule has 2 aromatic rings. The van der Waals surface area contributed by atoms with E-state index < -0.39 is 0 Å². The fraction of sp³-hybridized carbons (Fsp3) is 0.133. The third-order valence-corrected chi connectivity index (χ3v) is 3.18. The van der Waals surface area contributed by atoms with Gasteiger partial charge in [-0.05, 0) is 42.3 Å². The number of hydrogen-bond donors (Lipinski definition) is 0. The maximum absolute atomic E-state index is 12.2. The summed E-state index contributed by atoms with van der Waals surface area (Å²) in [6.45, 7) is 2.00. The van der Waals surface area contributed by atoms with Gasteiger partial charge >= 0.3 is 0 Å². The van der Waals surface area contributed by atoms with E-state index in [4.69, 9.17) is 4.74 Å². The van der Waals surface area contributed by atoms with Crippen LogP contribution in [0.5, 0.6) is 5.75 Å². The molecule has 0 aromatic heterocycles. The maximum Gasteiger partial charge on any atom is 0.194 e. The van der Waals surface area contributed by atoms with E-state index in [2.05, 4.69) is 0 Å². The maximum atomic E-state index is 12.2. The quantitative estimate of drug-likeness (QED) is 0.634. The van der Waals surface area contributed by atoms with Gasteiger partial charge in [-0.2, -0.15) is 0 Å². The first-order chi connectivity index (χ1) is 8.20. The van der Waals surface area contributed by atoms with E-state index in [1.807, 2.05) is 43.3 Å². The third kappa shape index (κ3) is 1.37. The second-order valence-electron chi connectivity index (χ2n) is 4.29. The van der Waals surface area contributed by atoms with Crippen LogP contribution in [0.4, 0.5) is 0 Å². The topological polar surface area (TPSA) is 26.3 Å². The molecule has 2 nitrogen and oxygen atoms in total. The SMILES string of the molecule is COc1ccc2c(c1)-c1ccc(C)cc1C2=O. The summed E-state index contributed by atoms with van der Waals surface area (Å²) in [7, 11) is 1.63. The number of aryl methyl sites for hydroxylation is 1. The lowest BCUT2D eigenvalue weighted by molar-refractivity contribution is 0.104. The van der Waals surface area contributed by atoms with Gasteiger partial charge in [-0.15, -0.1) is 0 Å². The zero-order valence-corrected chi connectivity index (χ0v) is 9.78. The van der Waals surface area contributed by atoms with Crippen LogP contribution in [0.25, 0.3) is 11.1 Å². The van der Waals surface area contributed by atoms with E-state index in [1.54, 1.807) is 7.11 Å². The van der Waals surface area contributed by atoms with Crippen molar-refractivity contribution in [1.82, 2.24) is 0 Å². The Bertz CT molecular complexity index is 627. The second kappa shape index (κ2) is 3.45. The Hall–Kier alpha value is -2.09. The molecular weight excluding hydrogens is 212 g/mol. The van der Waals surface area contributed by atoms with Gasteiger partial charge in [0.25, 0.3) is 0 Å². The molecule has 1 aliphatic rings.